The zero-order valence-corrected chi connectivity index (χ0v) is 8.08. The molecular formula is C9H10O3S. The molecule has 0 aliphatic rings. The molecule has 3 nitrogen and oxygen atoms in total. The minimum Gasteiger partial charge on any atom is -0.434 e. The van der Waals surface area contributed by atoms with Crippen molar-refractivity contribution in [1.82, 2.24) is 0 Å². The van der Waals surface area contributed by atoms with E-state index < -0.39 is 6.16 Å². The van der Waals surface area contributed by atoms with Crippen LogP contribution in [-0.2, 0) is 4.74 Å². The van der Waals surface area contributed by atoms with Crippen LogP contribution in [0.1, 0.15) is 6.92 Å². The van der Waals surface area contributed by atoms with Crippen LogP contribution in [0, 0.1) is 0 Å². The fourth-order valence-electron chi connectivity index (χ4n) is 0.758. The van der Waals surface area contributed by atoms with Crippen LogP contribution < -0.4 is 4.74 Å². The molecular weight excluding hydrogens is 188 g/mol. The summed E-state index contributed by atoms with van der Waals surface area (Å²) in [6.45, 7) is 2.03. The van der Waals surface area contributed by atoms with Gasteiger partial charge in [0.1, 0.15) is 5.75 Å². The zero-order chi connectivity index (χ0) is 9.68. The topological polar surface area (TPSA) is 35.5 Å². The summed E-state index contributed by atoms with van der Waals surface area (Å²) in [7, 11) is 0. The first-order valence-corrected chi connectivity index (χ1v) is 4.30. The molecule has 0 amide bonds. The average Bonchev–Trinajstić information content (AvgIpc) is 2.09. The summed E-state index contributed by atoms with van der Waals surface area (Å²) >= 11 is 4.09. The second-order valence-electron chi connectivity index (χ2n) is 2.28. The molecule has 0 aliphatic carbocycles. The molecule has 0 N–H and O–H groups in total. The Morgan fingerprint density at radius 1 is 1.38 bits per heavy atom. The van der Waals surface area contributed by atoms with E-state index in [0.717, 1.165) is 4.90 Å². The van der Waals surface area contributed by atoms with E-state index in [1.54, 1.807) is 31.2 Å². The summed E-state index contributed by atoms with van der Waals surface area (Å²) in [4.78, 5) is 11.6. The predicted molar refractivity (Wildman–Crippen MR) is 51.3 cm³/mol. The first-order valence-electron chi connectivity index (χ1n) is 3.86. The SMILES string of the molecule is CCOC(=O)Oc1ccc(S)cc1. The highest BCUT2D eigenvalue weighted by atomic mass is 32.1. The highest BCUT2D eigenvalue weighted by molar-refractivity contribution is 7.80. The maximum atomic E-state index is 10.8. The third-order valence-corrected chi connectivity index (χ3v) is 1.60. The first-order chi connectivity index (χ1) is 6.22. The Morgan fingerprint density at radius 3 is 2.54 bits per heavy atom. The number of hydrogen-bond acceptors (Lipinski definition) is 4. The lowest BCUT2D eigenvalue weighted by molar-refractivity contribution is 0.104. The van der Waals surface area contributed by atoms with Crippen molar-refractivity contribution in [2.75, 3.05) is 6.61 Å². The van der Waals surface area contributed by atoms with E-state index >= 15 is 0 Å². The van der Waals surface area contributed by atoms with Gasteiger partial charge < -0.3 is 9.47 Å². The first kappa shape index (κ1) is 9.92. The molecule has 0 saturated heterocycles. The van der Waals surface area contributed by atoms with Crippen LogP contribution in [0.5, 0.6) is 5.75 Å². The van der Waals surface area contributed by atoms with Gasteiger partial charge in [0.2, 0.25) is 0 Å². The molecule has 1 rings (SSSR count). The zero-order valence-electron chi connectivity index (χ0n) is 7.19. The van der Waals surface area contributed by atoms with Crippen molar-refractivity contribution in [3.8, 4) is 5.75 Å². The van der Waals surface area contributed by atoms with Gasteiger partial charge in [-0.3, -0.25) is 0 Å². The normalized spacial score (nSPS) is 9.38. The maximum absolute atomic E-state index is 10.8. The van der Waals surface area contributed by atoms with Crippen LogP contribution in [0.3, 0.4) is 0 Å². The lowest BCUT2D eigenvalue weighted by atomic mass is 10.3. The van der Waals surface area contributed by atoms with E-state index in [4.69, 9.17) is 4.74 Å². The van der Waals surface area contributed by atoms with E-state index in [9.17, 15) is 4.79 Å². The van der Waals surface area contributed by atoms with Gasteiger partial charge in [-0.25, -0.2) is 4.79 Å². The van der Waals surface area contributed by atoms with E-state index in [-0.39, 0.29) is 0 Å². The van der Waals surface area contributed by atoms with Gasteiger partial charge in [-0.05, 0) is 31.2 Å². The molecule has 0 bridgehead atoms. The van der Waals surface area contributed by atoms with E-state index in [0.29, 0.717) is 12.4 Å². The van der Waals surface area contributed by atoms with Crippen molar-refractivity contribution in [3.63, 3.8) is 0 Å². The molecule has 0 fully saturated rings. The van der Waals surface area contributed by atoms with Crippen LogP contribution in [0.25, 0.3) is 0 Å². The van der Waals surface area contributed by atoms with Gasteiger partial charge in [0, 0.05) is 4.90 Å². The van der Waals surface area contributed by atoms with E-state index in [2.05, 4.69) is 17.4 Å². The number of benzene rings is 1. The summed E-state index contributed by atoms with van der Waals surface area (Å²) in [5.74, 6) is 0.455. The number of hydrogen-bond donors (Lipinski definition) is 1. The second kappa shape index (κ2) is 4.77. The second-order valence-corrected chi connectivity index (χ2v) is 2.80. The molecule has 4 heteroatoms. The molecule has 1 aromatic rings. The highest BCUT2D eigenvalue weighted by Gasteiger charge is 2.03. The molecule has 0 aliphatic heterocycles. The summed E-state index contributed by atoms with van der Waals surface area (Å²) in [5.41, 5.74) is 0. The Balaban J connectivity index is 2.54. The molecule has 70 valence electrons. The minimum atomic E-state index is -0.686. The summed E-state index contributed by atoms with van der Waals surface area (Å²) in [5, 5.41) is 0. The van der Waals surface area contributed by atoms with E-state index in [1.807, 2.05) is 0 Å². The molecule has 0 saturated carbocycles. The number of carbonyl (C=O) groups excluding carboxylic acids is 1. The average molecular weight is 198 g/mol. The third kappa shape index (κ3) is 3.38. The highest BCUT2D eigenvalue weighted by Crippen LogP contribution is 2.14. The summed E-state index contributed by atoms with van der Waals surface area (Å²) in [6, 6.07) is 6.77. The summed E-state index contributed by atoms with van der Waals surface area (Å²) in [6.07, 6.45) is -0.686. The Kier molecular flexibility index (Phi) is 3.64. The van der Waals surface area contributed by atoms with E-state index in [1.165, 1.54) is 0 Å². The van der Waals surface area contributed by atoms with Gasteiger partial charge in [0.05, 0.1) is 6.61 Å². The van der Waals surface area contributed by atoms with Crippen molar-refractivity contribution < 1.29 is 14.3 Å². The maximum Gasteiger partial charge on any atom is 0.513 e. The predicted octanol–water partition coefficient (Wildman–Crippen LogP) is 2.51. The smallest absolute Gasteiger partial charge is 0.434 e. The molecule has 13 heavy (non-hydrogen) atoms. The number of ether oxygens (including phenoxy) is 2. The van der Waals surface area contributed by atoms with Crippen LogP contribution in [0.2, 0.25) is 0 Å². The largest absolute Gasteiger partial charge is 0.513 e. The minimum absolute atomic E-state index is 0.309. The van der Waals surface area contributed by atoms with Crippen LogP contribution in [0.15, 0.2) is 29.2 Å². The molecule has 0 atom stereocenters. The van der Waals surface area contributed by atoms with Crippen LogP contribution in [-0.4, -0.2) is 12.8 Å². The lowest BCUT2D eigenvalue weighted by Crippen LogP contribution is -2.09. The van der Waals surface area contributed by atoms with Gasteiger partial charge in [-0.2, -0.15) is 0 Å². The molecule has 0 unspecified atom stereocenters. The number of rotatable bonds is 2. The molecule has 0 heterocycles. The van der Waals surface area contributed by atoms with Gasteiger partial charge in [-0.15, -0.1) is 12.6 Å². The van der Waals surface area contributed by atoms with Gasteiger partial charge in [0.15, 0.2) is 0 Å². The molecule has 0 aromatic heterocycles. The van der Waals surface area contributed by atoms with Crippen molar-refractivity contribution >= 4 is 18.8 Å². The quantitative estimate of drug-likeness (QED) is 0.450. The van der Waals surface area contributed by atoms with Crippen LogP contribution >= 0.6 is 12.6 Å². The van der Waals surface area contributed by atoms with Gasteiger partial charge >= 0.3 is 6.16 Å². The summed E-state index contributed by atoms with van der Waals surface area (Å²) < 4.78 is 9.41. The van der Waals surface area contributed by atoms with Crippen LogP contribution in [0.4, 0.5) is 4.79 Å². The standard InChI is InChI=1S/C9H10O3S/c1-2-11-9(10)12-7-3-5-8(13)6-4-7/h3-6,13H,2H2,1H3. The van der Waals surface area contributed by atoms with Gasteiger partial charge in [0.25, 0.3) is 0 Å². The molecule has 0 spiro atoms. The fraction of sp³-hybridized carbons (Fsp3) is 0.222. The lowest BCUT2D eigenvalue weighted by Gasteiger charge is -2.03. The number of thiol groups is 1. The molecule has 0 radical (unpaired) electrons. The molecule has 1 aromatic carbocycles. The third-order valence-electron chi connectivity index (χ3n) is 1.30. The van der Waals surface area contributed by atoms with Crippen molar-refractivity contribution in [3.05, 3.63) is 24.3 Å². The van der Waals surface area contributed by atoms with Crippen molar-refractivity contribution in [1.29, 1.82) is 0 Å². The Hall–Kier alpha value is -1.16. The Labute approximate surface area is 82.1 Å². The van der Waals surface area contributed by atoms with Gasteiger partial charge in [-0.1, -0.05) is 0 Å². The van der Waals surface area contributed by atoms with Crippen molar-refractivity contribution in [2.45, 2.75) is 11.8 Å². The Morgan fingerprint density at radius 2 is 2.00 bits per heavy atom. The fourth-order valence-corrected chi connectivity index (χ4v) is 0.907. The Bertz CT molecular complexity index is 281. The monoisotopic (exact) mass is 198 g/mol. The number of carbonyl (C=O) groups is 1. The van der Waals surface area contributed by atoms with Crippen molar-refractivity contribution in [2.24, 2.45) is 0 Å².